The first-order valence-corrected chi connectivity index (χ1v) is 7.28. The molecule has 0 bridgehead atoms. The Balaban J connectivity index is 1.92. The molecule has 0 aliphatic carbocycles. The van der Waals surface area contributed by atoms with Crippen LogP contribution in [-0.4, -0.2) is 24.3 Å². The van der Waals surface area contributed by atoms with Crippen LogP contribution in [0.4, 0.5) is 0 Å². The number of carboxylic acids is 1. The van der Waals surface area contributed by atoms with Gasteiger partial charge in [-0.3, -0.25) is 0 Å². The Morgan fingerprint density at radius 1 is 1.10 bits per heavy atom. The lowest BCUT2D eigenvalue weighted by atomic mass is 10.2. The van der Waals surface area contributed by atoms with Crippen LogP contribution in [0.15, 0.2) is 46.9 Å². The zero-order chi connectivity index (χ0) is 15.2. The molecule has 0 unspecified atom stereocenters. The molecule has 0 saturated heterocycles. The van der Waals surface area contributed by atoms with E-state index in [1.807, 2.05) is 24.3 Å². The molecule has 2 rings (SSSR count). The Hall–Kier alpha value is -1.72. The van der Waals surface area contributed by atoms with Gasteiger partial charge in [0.2, 0.25) is 0 Å². The van der Waals surface area contributed by atoms with E-state index in [9.17, 15) is 4.79 Å². The van der Waals surface area contributed by atoms with Crippen molar-refractivity contribution in [1.82, 2.24) is 0 Å². The van der Waals surface area contributed by atoms with Crippen LogP contribution in [-0.2, 0) is 0 Å². The summed E-state index contributed by atoms with van der Waals surface area (Å²) in [7, 11) is 0. The van der Waals surface area contributed by atoms with Crippen molar-refractivity contribution in [2.75, 3.05) is 13.2 Å². The predicted octanol–water partition coefficient (Wildman–Crippen LogP) is 4.26. The van der Waals surface area contributed by atoms with Gasteiger partial charge in [-0.1, -0.05) is 33.6 Å². The van der Waals surface area contributed by atoms with Gasteiger partial charge in [0.05, 0.1) is 5.02 Å². The summed E-state index contributed by atoms with van der Waals surface area (Å²) in [5.41, 5.74) is 0.0335. The number of ether oxygens (including phenoxy) is 2. The van der Waals surface area contributed by atoms with Crippen LogP contribution in [0.1, 0.15) is 10.4 Å². The van der Waals surface area contributed by atoms with Gasteiger partial charge in [-0.2, -0.15) is 0 Å². The van der Waals surface area contributed by atoms with Gasteiger partial charge in [-0.15, -0.1) is 0 Å². The highest BCUT2D eigenvalue weighted by Gasteiger charge is 2.14. The largest absolute Gasteiger partial charge is 0.490 e. The van der Waals surface area contributed by atoms with Crippen molar-refractivity contribution < 1.29 is 19.4 Å². The van der Waals surface area contributed by atoms with Crippen molar-refractivity contribution in [3.05, 3.63) is 57.5 Å². The van der Waals surface area contributed by atoms with Gasteiger partial charge in [0.25, 0.3) is 0 Å². The Kier molecular flexibility index (Phi) is 5.47. The molecule has 2 aromatic carbocycles. The number of carboxylic acid groups (broad SMARTS) is 1. The highest BCUT2D eigenvalue weighted by molar-refractivity contribution is 9.10. The average molecular weight is 372 g/mol. The second-order valence-electron chi connectivity index (χ2n) is 4.07. The maximum atomic E-state index is 11.1. The molecule has 4 nitrogen and oxygen atoms in total. The van der Waals surface area contributed by atoms with Crippen molar-refractivity contribution in [3.8, 4) is 11.5 Å². The van der Waals surface area contributed by atoms with Crippen LogP contribution in [0.2, 0.25) is 5.02 Å². The van der Waals surface area contributed by atoms with E-state index in [4.69, 9.17) is 26.2 Å². The Labute approximate surface area is 135 Å². The molecule has 0 atom stereocenters. The number of carbonyl (C=O) groups is 1. The summed E-state index contributed by atoms with van der Waals surface area (Å²) in [6.45, 7) is 0.478. The van der Waals surface area contributed by atoms with Crippen LogP contribution in [0.25, 0.3) is 0 Å². The van der Waals surface area contributed by atoms with E-state index in [1.54, 1.807) is 12.1 Å². The second kappa shape index (κ2) is 7.33. The van der Waals surface area contributed by atoms with Crippen molar-refractivity contribution >= 4 is 33.5 Å². The van der Waals surface area contributed by atoms with Gasteiger partial charge in [-0.05, 0) is 36.4 Å². The average Bonchev–Trinajstić information content (AvgIpc) is 2.46. The molecule has 0 aliphatic heterocycles. The first-order valence-electron chi connectivity index (χ1n) is 6.11. The van der Waals surface area contributed by atoms with Crippen molar-refractivity contribution in [3.63, 3.8) is 0 Å². The van der Waals surface area contributed by atoms with Crippen molar-refractivity contribution in [2.24, 2.45) is 0 Å². The third kappa shape index (κ3) is 4.37. The Bertz CT molecular complexity index is 628. The Morgan fingerprint density at radius 2 is 1.76 bits per heavy atom. The van der Waals surface area contributed by atoms with Gasteiger partial charge >= 0.3 is 5.97 Å². The fourth-order valence-corrected chi connectivity index (χ4v) is 2.15. The zero-order valence-electron chi connectivity index (χ0n) is 10.9. The summed E-state index contributed by atoms with van der Waals surface area (Å²) >= 11 is 9.29. The summed E-state index contributed by atoms with van der Waals surface area (Å²) in [5, 5.41) is 9.34. The molecule has 6 heteroatoms. The van der Waals surface area contributed by atoms with E-state index in [2.05, 4.69) is 15.9 Å². The molecular weight excluding hydrogens is 360 g/mol. The van der Waals surface area contributed by atoms with E-state index in [1.165, 1.54) is 6.07 Å². The quantitative estimate of drug-likeness (QED) is 0.771. The fourth-order valence-electron chi connectivity index (χ4n) is 1.66. The van der Waals surface area contributed by atoms with E-state index >= 15 is 0 Å². The first kappa shape index (κ1) is 15.7. The van der Waals surface area contributed by atoms with E-state index in [0.717, 1.165) is 4.47 Å². The van der Waals surface area contributed by atoms with Crippen LogP contribution >= 0.6 is 27.5 Å². The lowest BCUT2D eigenvalue weighted by Crippen LogP contribution is -2.11. The van der Waals surface area contributed by atoms with Gasteiger partial charge in [0, 0.05) is 4.47 Å². The summed E-state index contributed by atoms with van der Waals surface area (Å²) in [4.78, 5) is 11.1. The highest BCUT2D eigenvalue weighted by Crippen LogP contribution is 2.28. The molecule has 1 N–H and O–H groups in total. The molecule has 0 amide bonds. The summed E-state index contributed by atoms with van der Waals surface area (Å²) in [5.74, 6) is -0.216. The minimum absolute atomic E-state index is 0.0335. The summed E-state index contributed by atoms with van der Waals surface area (Å²) < 4.78 is 11.9. The molecule has 0 heterocycles. The second-order valence-corrected chi connectivity index (χ2v) is 5.40. The fraction of sp³-hybridized carbons (Fsp3) is 0.133. The molecule has 2 aromatic rings. The normalized spacial score (nSPS) is 10.2. The smallest absolute Gasteiger partial charge is 0.339 e. The van der Waals surface area contributed by atoms with Gasteiger partial charge in [-0.25, -0.2) is 4.79 Å². The number of hydrogen-bond acceptors (Lipinski definition) is 3. The highest BCUT2D eigenvalue weighted by atomic mass is 79.9. The van der Waals surface area contributed by atoms with E-state index in [-0.39, 0.29) is 29.5 Å². The third-order valence-electron chi connectivity index (χ3n) is 2.61. The zero-order valence-corrected chi connectivity index (χ0v) is 13.2. The van der Waals surface area contributed by atoms with Gasteiger partial charge in [0.1, 0.15) is 24.5 Å². The lowest BCUT2D eigenvalue weighted by Gasteiger charge is -2.11. The van der Waals surface area contributed by atoms with Crippen LogP contribution in [0.5, 0.6) is 11.5 Å². The van der Waals surface area contributed by atoms with Crippen molar-refractivity contribution in [2.45, 2.75) is 0 Å². The molecule has 0 saturated carbocycles. The number of aromatic carboxylic acids is 1. The molecule has 0 aliphatic rings. The number of para-hydroxylation sites is 1. The SMILES string of the molecule is O=C(O)c1cccc(Cl)c1OCCOc1ccc(Br)cc1. The van der Waals surface area contributed by atoms with Crippen LogP contribution < -0.4 is 9.47 Å². The minimum atomic E-state index is -1.08. The Morgan fingerprint density at radius 3 is 2.43 bits per heavy atom. The van der Waals surface area contributed by atoms with E-state index in [0.29, 0.717) is 5.75 Å². The molecule has 0 spiro atoms. The monoisotopic (exact) mass is 370 g/mol. The molecule has 110 valence electrons. The third-order valence-corrected chi connectivity index (χ3v) is 3.44. The van der Waals surface area contributed by atoms with Gasteiger partial charge < -0.3 is 14.6 Å². The number of rotatable bonds is 6. The van der Waals surface area contributed by atoms with Gasteiger partial charge in [0.15, 0.2) is 5.75 Å². The molecule has 0 aromatic heterocycles. The topological polar surface area (TPSA) is 55.8 Å². The molecule has 21 heavy (non-hydrogen) atoms. The summed E-state index contributed by atoms with van der Waals surface area (Å²) in [6.07, 6.45) is 0. The lowest BCUT2D eigenvalue weighted by molar-refractivity contribution is 0.0691. The molecule has 0 fully saturated rings. The maximum absolute atomic E-state index is 11.1. The predicted molar refractivity (Wildman–Crippen MR) is 83.5 cm³/mol. The molecule has 0 radical (unpaired) electrons. The summed E-state index contributed by atoms with van der Waals surface area (Å²) in [6, 6.07) is 12.0. The number of halogens is 2. The maximum Gasteiger partial charge on any atom is 0.339 e. The first-order chi connectivity index (χ1) is 10.1. The molecular formula is C15H12BrClO4. The minimum Gasteiger partial charge on any atom is -0.490 e. The van der Waals surface area contributed by atoms with E-state index < -0.39 is 5.97 Å². The standard InChI is InChI=1S/C15H12BrClO4/c16-10-4-6-11(7-5-10)20-8-9-21-14-12(15(18)19)2-1-3-13(14)17/h1-7H,8-9H2,(H,18,19). The number of benzene rings is 2. The van der Waals surface area contributed by atoms with Crippen LogP contribution in [0.3, 0.4) is 0 Å². The van der Waals surface area contributed by atoms with Crippen molar-refractivity contribution in [1.29, 1.82) is 0 Å². The van der Waals surface area contributed by atoms with Crippen LogP contribution in [0, 0.1) is 0 Å². The number of hydrogen-bond donors (Lipinski definition) is 1.